The Morgan fingerprint density at radius 2 is 2.19 bits per heavy atom. The van der Waals surface area contributed by atoms with Crippen molar-refractivity contribution in [2.75, 3.05) is 5.73 Å². The molecule has 5 N–H and O–H groups in total. The minimum Gasteiger partial charge on any atom is -0.375 e. The van der Waals surface area contributed by atoms with Crippen LogP contribution in [0.2, 0.25) is 0 Å². The molecule has 1 rings (SSSR count). The van der Waals surface area contributed by atoms with E-state index in [0.717, 1.165) is 9.90 Å². The highest BCUT2D eigenvalue weighted by molar-refractivity contribution is 8.02. The summed E-state index contributed by atoms with van der Waals surface area (Å²) in [6.07, 6.45) is 0. The molecule has 1 atom stereocenters. The second-order valence-electron chi connectivity index (χ2n) is 3.72. The molecule has 0 fully saturated rings. The summed E-state index contributed by atoms with van der Waals surface area (Å²) in [6, 6.07) is 0. The van der Waals surface area contributed by atoms with E-state index >= 15 is 0 Å². The molecule has 0 aliphatic heterocycles. The van der Waals surface area contributed by atoms with E-state index in [9.17, 15) is 4.79 Å². The van der Waals surface area contributed by atoms with Crippen LogP contribution in [0.25, 0.3) is 0 Å². The first-order chi connectivity index (χ1) is 7.45. The maximum Gasteiger partial charge on any atom is 0.247 e. The summed E-state index contributed by atoms with van der Waals surface area (Å²) in [5.41, 5.74) is 8.66. The smallest absolute Gasteiger partial charge is 0.247 e. The summed E-state index contributed by atoms with van der Waals surface area (Å²) in [7, 11) is 0. The molecule has 0 aromatic carbocycles. The number of aryl methyl sites for hydroxylation is 1. The average molecular weight is 260 g/mol. The van der Waals surface area contributed by atoms with E-state index in [1.54, 1.807) is 0 Å². The summed E-state index contributed by atoms with van der Waals surface area (Å²) in [6.45, 7) is 5.84. The summed E-state index contributed by atoms with van der Waals surface area (Å²) >= 11 is 2.86. The number of rotatable bonds is 4. The van der Waals surface area contributed by atoms with Gasteiger partial charge in [0.15, 0.2) is 5.13 Å². The summed E-state index contributed by atoms with van der Waals surface area (Å²) < 4.78 is 0.972. The highest BCUT2D eigenvalue weighted by atomic mass is 32.2. The molecular weight excluding hydrogens is 244 g/mol. The van der Waals surface area contributed by atoms with Gasteiger partial charge in [-0.05, 0) is 12.8 Å². The Morgan fingerprint density at radius 3 is 2.56 bits per heavy atom. The van der Waals surface area contributed by atoms with Gasteiger partial charge >= 0.3 is 0 Å². The lowest BCUT2D eigenvalue weighted by Crippen LogP contribution is -2.39. The van der Waals surface area contributed by atoms with Gasteiger partial charge in [-0.2, -0.15) is 0 Å². The molecule has 1 heterocycles. The van der Waals surface area contributed by atoms with Crippen LogP contribution in [0, 0.1) is 12.8 Å². The number of carbonyl (C=O) groups excluding carboxylic acids is 1. The maximum absolute atomic E-state index is 11.6. The molecule has 0 spiro atoms. The third kappa shape index (κ3) is 3.10. The molecule has 0 aliphatic rings. The molecule has 1 aromatic heterocycles. The van der Waals surface area contributed by atoms with E-state index in [1.165, 1.54) is 23.1 Å². The summed E-state index contributed by atoms with van der Waals surface area (Å²) in [5, 5.41) is 0.305. The first-order valence-electron chi connectivity index (χ1n) is 4.85. The standard InChI is InChI=1S/C9H16N4OS2/c1-4(2)6(7(14)13-11)15-8-5(3)12-9(10)16-8/h4,6H,11H2,1-3H3,(H2,10,12)(H,13,14). The van der Waals surface area contributed by atoms with Crippen molar-refractivity contribution in [2.24, 2.45) is 11.8 Å². The third-order valence-corrected chi connectivity index (χ3v) is 4.85. The zero-order valence-corrected chi connectivity index (χ0v) is 11.1. The van der Waals surface area contributed by atoms with Crippen molar-refractivity contribution >= 4 is 34.1 Å². The van der Waals surface area contributed by atoms with Gasteiger partial charge in [-0.25, -0.2) is 10.8 Å². The minimum atomic E-state index is -0.219. The van der Waals surface area contributed by atoms with Crippen molar-refractivity contribution in [1.29, 1.82) is 0 Å². The molecule has 5 nitrogen and oxygen atoms in total. The van der Waals surface area contributed by atoms with E-state index in [4.69, 9.17) is 11.6 Å². The SMILES string of the molecule is Cc1nc(N)sc1SC(C(=O)NN)C(C)C. The van der Waals surface area contributed by atoms with Crippen LogP contribution in [0.4, 0.5) is 5.13 Å². The van der Waals surface area contributed by atoms with Gasteiger partial charge in [-0.1, -0.05) is 36.9 Å². The van der Waals surface area contributed by atoms with Crippen LogP contribution in [0.5, 0.6) is 0 Å². The van der Waals surface area contributed by atoms with Crippen molar-refractivity contribution < 1.29 is 4.79 Å². The number of nitrogens with two attached hydrogens (primary N) is 2. The molecule has 1 amide bonds. The van der Waals surface area contributed by atoms with Gasteiger partial charge < -0.3 is 5.73 Å². The lowest BCUT2D eigenvalue weighted by atomic mass is 10.1. The van der Waals surface area contributed by atoms with E-state index in [0.29, 0.717) is 5.13 Å². The number of nitrogen functional groups attached to an aromatic ring is 1. The average Bonchev–Trinajstić information content (AvgIpc) is 2.52. The van der Waals surface area contributed by atoms with Crippen molar-refractivity contribution in [2.45, 2.75) is 30.2 Å². The van der Waals surface area contributed by atoms with Crippen LogP contribution in [0.3, 0.4) is 0 Å². The fourth-order valence-corrected chi connectivity index (χ4v) is 3.42. The number of aromatic nitrogens is 1. The van der Waals surface area contributed by atoms with Gasteiger partial charge in [0.05, 0.1) is 15.2 Å². The molecule has 1 unspecified atom stereocenters. The van der Waals surface area contributed by atoms with Gasteiger partial charge in [-0.3, -0.25) is 10.2 Å². The maximum atomic E-state index is 11.6. The Labute approximate surface area is 103 Å². The first-order valence-corrected chi connectivity index (χ1v) is 6.55. The van der Waals surface area contributed by atoms with Crippen LogP contribution >= 0.6 is 23.1 Å². The Morgan fingerprint density at radius 1 is 1.56 bits per heavy atom. The van der Waals surface area contributed by atoms with Gasteiger partial charge in [0, 0.05) is 0 Å². The zero-order valence-electron chi connectivity index (χ0n) is 9.48. The molecule has 16 heavy (non-hydrogen) atoms. The molecule has 90 valence electrons. The minimum absolute atomic E-state index is 0.175. The predicted molar refractivity (Wildman–Crippen MR) is 68.1 cm³/mol. The Bertz CT molecular complexity index is 378. The normalized spacial score (nSPS) is 12.8. The quantitative estimate of drug-likeness (QED) is 0.327. The first kappa shape index (κ1) is 13.3. The topological polar surface area (TPSA) is 94.0 Å². The predicted octanol–water partition coefficient (Wildman–Crippen LogP) is 1.14. The third-order valence-electron chi connectivity index (χ3n) is 2.01. The molecule has 0 bridgehead atoms. The molecule has 0 saturated heterocycles. The van der Waals surface area contributed by atoms with Crippen molar-refractivity contribution in [3.63, 3.8) is 0 Å². The van der Waals surface area contributed by atoms with Gasteiger partial charge in [0.25, 0.3) is 0 Å². The van der Waals surface area contributed by atoms with Crippen LogP contribution in [-0.2, 0) is 4.79 Å². The van der Waals surface area contributed by atoms with Crippen LogP contribution in [0.1, 0.15) is 19.5 Å². The lowest BCUT2D eigenvalue weighted by molar-refractivity contribution is -0.121. The number of nitrogens with one attached hydrogen (secondary N) is 1. The van der Waals surface area contributed by atoms with E-state index in [-0.39, 0.29) is 17.1 Å². The number of carbonyl (C=O) groups is 1. The fraction of sp³-hybridized carbons (Fsp3) is 0.556. The van der Waals surface area contributed by atoms with E-state index in [2.05, 4.69) is 10.4 Å². The molecule has 7 heteroatoms. The molecule has 0 aliphatic carbocycles. The number of anilines is 1. The largest absolute Gasteiger partial charge is 0.375 e. The summed E-state index contributed by atoms with van der Waals surface area (Å²) in [4.78, 5) is 15.7. The van der Waals surface area contributed by atoms with Gasteiger partial charge in [0.1, 0.15) is 0 Å². The van der Waals surface area contributed by atoms with Crippen molar-refractivity contribution in [3.8, 4) is 0 Å². The number of nitrogens with zero attached hydrogens (tertiary/aromatic N) is 1. The Hall–Kier alpha value is -0.790. The number of thioether (sulfide) groups is 1. The molecule has 1 aromatic rings. The van der Waals surface area contributed by atoms with Crippen LogP contribution < -0.4 is 17.0 Å². The number of hydrogen-bond donors (Lipinski definition) is 3. The van der Waals surface area contributed by atoms with Crippen molar-refractivity contribution in [3.05, 3.63) is 5.69 Å². The Balaban J connectivity index is 2.83. The zero-order chi connectivity index (χ0) is 12.3. The van der Waals surface area contributed by atoms with E-state index in [1.807, 2.05) is 20.8 Å². The lowest BCUT2D eigenvalue weighted by Gasteiger charge is -2.17. The molecular formula is C9H16N4OS2. The molecule has 0 saturated carbocycles. The second-order valence-corrected chi connectivity index (χ2v) is 6.16. The monoisotopic (exact) mass is 260 g/mol. The van der Waals surface area contributed by atoms with Crippen molar-refractivity contribution in [1.82, 2.24) is 10.4 Å². The fourth-order valence-electron chi connectivity index (χ4n) is 1.20. The van der Waals surface area contributed by atoms with Gasteiger partial charge in [-0.15, -0.1) is 0 Å². The number of hydrogen-bond acceptors (Lipinski definition) is 6. The highest BCUT2D eigenvalue weighted by Gasteiger charge is 2.24. The second kappa shape index (κ2) is 5.51. The van der Waals surface area contributed by atoms with E-state index < -0.39 is 0 Å². The Kier molecular flexibility index (Phi) is 4.57. The van der Waals surface area contributed by atoms with Crippen LogP contribution in [-0.4, -0.2) is 16.1 Å². The highest BCUT2D eigenvalue weighted by Crippen LogP contribution is 2.35. The molecule has 0 radical (unpaired) electrons. The number of amides is 1. The number of thiazole rings is 1. The van der Waals surface area contributed by atoms with Gasteiger partial charge in [0.2, 0.25) is 5.91 Å². The van der Waals surface area contributed by atoms with Crippen LogP contribution in [0.15, 0.2) is 4.21 Å². The number of hydrazine groups is 1. The summed E-state index contributed by atoms with van der Waals surface area (Å²) in [5.74, 6) is 5.17.